The van der Waals surface area contributed by atoms with Gasteiger partial charge in [0.25, 0.3) is 5.69 Å². The molecule has 2 rings (SSSR count). The molecule has 0 radical (unpaired) electrons. The maximum absolute atomic E-state index is 11.2. The number of nitro groups is 1. The molecule has 0 atom stereocenters. The van der Waals surface area contributed by atoms with Crippen molar-refractivity contribution in [3.05, 3.63) is 57.1 Å². The van der Waals surface area contributed by atoms with E-state index < -0.39 is 4.92 Å². The van der Waals surface area contributed by atoms with E-state index in [-0.39, 0.29) is 11.6 Å². The van der Waals surface area contributed by atoms with Crippen molar-refractivity contribution in [2.75, 3.05) is 5.32 Å². The Labute approximate surface area is 134 Å². The van der Waals surface area contributed by atoms with Crippen molar-refractivity contribution in [3.8, 4) is 0 Å². The van der Waals surface area contributed by atoms with E-state index in [1.165, 1.54) is 24.8 Å². The topological polar surface area (TPSA) is 72.2 Å². The number of nitrogens with zero attached hydrogens (tertiary/aromatic N) is 1. The molecule has 5 nitrogen and oxygen atoms in total. The molecular weight excluding hydrogens is 356 g/mol. The molecule has 108 valence electrons. The fraction of sp³-hybridized carbons (Fsp3) is 0.0714. The number of amides is 1. The highest BCUT2D eigenvalue weighted by Gasteiger charge is 2.16. The first-order valence-electron chi connectivity index (χ1n) is 5.96. The number of carbonyl (C=O) groups is 1. The van der Waals surface area contributed by atoms with Gasteiger partial charge in [-0.1, -0.05) is 39.8 Å². The highest BCUT2D eigenvalue weighted by atomic mass is 79.9. The second kappa shape index (κ2) is 6.73. The summed E-state index contributed by atoms with van der Waals surface area (Å²) >= 11 is 4.47. The van der Waals surface area contributed by atoms with E-state index in [1.807, 2.05) is 12.1 Å². The number of rotatable bonds is 4. The van der Waals surface area contributed by atoms with Gasteiger partial charge in [-0.2, -0.15) is 0 Å². The fourth-order valence-corrected chi connectivity index (χ4v) is 3.02. The molecule has 2 aromatic rings. The molecule has 21 heavy (non-hydrogen) atoms. The van der Waals surface area contributed by atoms with E-state index in [0.717, 1.165) is 4.90 Å². The van der Waals surface area contributed by atoms with Crippen LogP contribution in [-0.2, 0) is 4.79 Å². The van der Waals surface area contributed by atoms with Gasteiger partial charge in [0.15, 0.2) is 0 Å². The number of carbonyl (C=O) groups excluding carboxylic acids is 1. The predicted molar refractivity (Wildman–Crippen MR) is 85.7 cm³/mol. The zero-order valence-corrected chi connectivity index (χ0v) is 13.4. The van der Waals surface area contributed by atoms with Gasteiger partial charge in [0.2, 0.25) is 5.91 Å². The zero-order valence-electron chi connectivity index (χ0n) is 11.0. The highest BCUT2D eigenvalue weighted by molar-refractivity contribution is 9.10. The number of benzene rings is 2. The maximum atomic E-state index is 11.2. The van der Waals surface area contributed by atoms with Gasteiger partial charge < -0.3 is 5.32 Å². The summed E-state index contributed by atoms with van der Waals surface area (Å²) in [6.07, 6.45) is 0. The zero-order chi connectivity index (χ0) is 15.4. The van der Waals surface area contributed by atoms with Crippen molar-refractivity contribution in [1.29, 1.82) is 0 Å². The Morgan fingerprint density at radius 2 is 1.95 bits per heavy atom. The van der Waals surface area contributed by atoms with Crippen molar-refractivity contribution >= 4 is 45.0 Å². The van der Waals surface area contributed by atoms with E-state index in [4.69, 9.17) is 0 Å². The van der Waals surface area contributed by atoms with Crippen LogP contribution in [0, 0.1) is 10.1 Å². The fourth-order valence-electron chi connectivity index (χ4n) is 1.69. The standard InChI is InChI=1S/C14H11BrN2O3S/c1-9(18)16-11-4-2-3-5-13(11)21-14-7-6-10(15)8-12(14)17(19)20/h2-8H,1H3,(H,16,18). The summed E-state index contributed by atoms with van der Waals surface area (Å²) in [4.78, 5) is 23.2. The molecule has 1 amide bonds. The molecular formula is C14H11BrN2O3S. The third kappa shape index (κ3) is 4.05. The second-order valence-electron chi connectivity index (χ2n) is 4.15. The Hall–Kier alpha value is -1.86. The minimum Gasteiger partial charge on any atom is -0.325 e. The molecule has 0 spiro atoms. The smallest absolute Gasteiger partial charge is 0.284 e. The Bertz CT molecular complexity index is 706. The summed E-state index contributed by atoms with van der Waals surface area (Å²) in [6, 6.07) is 12.1. The predicted octanol–water partition coefficient (Wildman–Crippen LogP) is 4.47. The summed E-state index contributed by atoms with van der Waals surface area (Å²) in [5, 5.41) is 13.8. The lowest BCUT2D eigenvalue weighted by Gasteiger charge is -2.09. The summed E-state index contributed by atoms with van der Waals surface area (Å²) in [6.45, 7) is 1.42. The minimum absolute atomic E-state index is 0.0204. The van der Waals surface area contributed by atoms with Crippen LogP contribution in [0.1, 0.15) is 6.92 Å². The number of hydrogen-bond acceptors (Lipinski definition) is 4. The maximum Gasteiger partial charge on any atom is 0.284 e. The van der Waals surface area contributed by atoms with Gasteiger partial charge in [0, 0.05) is 22.4 Å². The van der Waals surface area contributed by atoms with Crippen LogP contribution in [0.15, 0.2) is 56.7 Å². The largest absolute Gasteiger partial charge is 0.325 e. The van der Waals surface area contributed by atoms with E-state index >= 15 is 0 Å². The third-order valence-corrected chi connectivity index (χ3v) is 4.17. The van der Waals surface area contributed by atoms with Gasteiger partial charge in [0.05, 0.1) is 15.5 Å². The monoisotopic (exact) mass is 366 g/mol. The van der Waals surface area contributed by atoms with Crippen molar-refractivity contribution in [2.45, 2.75) is 16.7 Å². The molecule has 0 bridgehead atoms. The summed E-state index contributed by atoms with van der Waals surface area (Å²) in [5.41, 5.74) is 0.652. The lowest BCUT2D eigenvalue weighted by molar-refractivity contribution is -0.387. The molecule has 0 heterocycles. The molecule has 0 unspecified atom stereocenters. The minimum atomic E-state index is -0.423. The molecule has 2 aromatic carbocycles. The molecule has 0 saturated carbocycles. The van der Waals surface area contributed by atoms with Gasteiger partial charge in [-0.15, -0.1) is 0 Å². The lowest BCUT2D eigenvalue weighted by atomic mass is 10.3. The van der Waals surface area contributed by atoms with Crippen molar-refractivity contribution in [1.82, 2.24) is 0 Å². The van der Waals surface area contributed by atoms with E-state index in [1.54, 1.807) is 24.3 Å². The first kappa shape index (κ1) is 15.5. The van der Waals surface area contributed by atoms with Crippen molar-refractivity contribution < 1.29 is 9.72 Å². The van der Waals surface area contributed by atoms with Crippen LogP contribution >= 0.6 is 27.7 Å². The molecule has 0 aliphatic rings. The molecule has 7 heteroatoms. The Kier molecular flexibility index (Phi) is 4.98. The normalized spacial score (nSPS) is 10.2. The second-order valence-corrected chi connectivity index (χ2v) is 6.15. The van der Waals surface area contributed by atoms with Crippen LogP contribution in [0.2, 0.25) is 0 Å². The number of anilines is 1. The third-order valence-electron chi connectivity index (χ3n) is 2.54. The number of hydrogen-bond donors (Lipinski definition) is 1. The van der Waals surface area contributed by atoms with E-state index in [9.17, 15) is 14.9 Å². The van der Waals surface area contributed by atoms with Crippen LogP contribution in [0.25, 0.3) is 0 Å². The Balaban J connectivity index is 2.39. The summed E-state index contributed by atoms with van der Waals surface area (Å²) in [7, 11) is 0. The van der Waals surface area contributed by atoms with E-state index in [2.05, 4.69) is 21.2 Å². The van der Waals surface area contributed by atoms with Crippen LogP contribution < -0.4 is 5.32 Å². The van der Waals surface area contributed by atoms with E-state index in [0.29, 0.717) is 15.1 Å². The quantitative estimate of drug-likeness (QED) is 0.639. The Morgan fingerprint density at radius 3 is 2.62 bits per heavy atom. The molecule has 0 aliphatic carbocycles. The molecule has 0 aliphatic heterocycles. The number of para-hydroxylation sites is 1. The molecule has 1 N–H and O–H groups in total. The molecule has 0 aromatic heterocycles. The highest BCUT2D eigenvalue weighted by Crippen LogP contribution is 2.39. The molecule has 0 fully saturated rings. The first-order chi connectivity index (χ1) is 9.97. The number of nitrogens with one attached hydrogen (secondary N) is 1. The van der Waals surface area contributed by atoms with Crippen LogP contribution in [0.5, 0.6) is 0 Å². The first-order valence-corrected chi connectivity index (χ1v) is 7.56. The summed E-state index contributed by atoms with van der Waals surface area (Å²) in [5.74, 6) is -0.187. The van der Waals surface area contributed by atoms with Gasteiger partial charge in [0.1, 0.15) is 0 Å². The van der Waals surface area contributed by atoms with Gasteiger partial charge in [-0.05, 0) is 24.3 Å². The van der Waals surface area contributed by atoms with Crippen LogP contribution in [-0.4, -0.2) is 10.8 Å². The Morgan fingerprint density at radius 1 is 1.24 bits per heavy atom. The van der Waals surface area contributed by atoms with Crippen molar-refractivity contribution in [3.63, 3.8) is 0 Å². The van der Waals surface area contributed by atoms with Gasteiger partial charge in [-0.3, -0.25) is 14.9 Å². The lowest BCUT2D eigenvalue weighted by Crippen LogP contribution is -2.06. The number of nitro benzene ring substituents is 1. The van der Waals surface area contributed by atoms with Gasteiger partial charge >= 0.3 is 0 Å². The average molecular weight is 367 g/mol. The van der Waals surface area contributed by atoms with Crippen LogP contribution in [0.4, 0.5) is 11.4 Å². The van der Waals surface area contributed by atoms with Gasteiger partial charge in [-0.25, -0.2) is 0 Å². The molecule has 0 saturated heterocycles. The van der Waals surface area contributed by atoms with Crippen molar-refractivity contribution in [2.24, 2.45) is 0 Å². The number of halogens is 1. The average Bonchev–Trinajstić information content (AvgIpc) is 2.42. The van der Waals surface area contributed by atoms with Crippen LogP contribution in [0.3, 0.4) is 0 Å². The summed E-state index contributed by atoms with van der Waals surface area (Å²) < 4.78 is 0.647. The SMILES string of the molecule is CC(=O)Nc1ccccc1Sc1ccc(Br)cc1[N+](=O)[O-].